The van der Waals surface area contributed by atoms with E-state index in [1.54, 1.807) is 109 Å². The molecule has 3 aliphatic rings. The second kappa shape index (κ2) is 34.3. The van der Waals surface area contributed by atoms with Gasteiger partial charge in [0.05, 0.1) is 12.8 Å². The lowest BCUT2D eigenvalue weighted by atomic mass is 10.1. The minimum atomic E-state index is -0.596. The summed E-state index contributed by atoms with van der Waals surface area (Å²) >= 11 is 0. The van der Waals surface area contributed by atoms with E-state index in [1.807, 2.05) is 57.2 Å². The number of aryl methyl sites for hydroxylation is 4. The molecule has 0 radical (unpaired) electrons. The van der Waals surface area contributed by atoms with E-state index >= 15 is 0 Å². The number of rotatable bonds is 25. The quantitative estimate of drug-likeness (QED) is 0.0338. The molecule has 0 aromatic heterocycles. The Kier molecular flexibility index (Phi) is 25.6. The minimum absolute atomic E-state index is 0.117. The third-order valence-electron chi connectivity index (χ3n) is 13.6. The van der Waals surface area contributed by atoms with Crippen molar-refractivity contribution in [3.8, 4) is 17.2 Å². The zero-order chi connectivity index (χ0) is 65.2. The van der Waals surface area contributed by atoms with Crippen LogP contribution in [0.1, 0.15) is 59.1 Å². The van der Waals surface area contributed by atoms with Crippen LogP contribution >= 0.6 is 0 Å². The lowest BCUT2D eigenvalue weighted by Crippen LogP contribution is -2.48. The summed E-state index contributed by atoms with van der Waals surface area (Å²) in [5, 5.41) is 7.95. The third-order valence-corrected chi connectivity index (χ3v) is 13.6. The van der Waals surface area contributed by atoms with Gasteiger partial charge in [0.1, 0.15) is 56.9 Å². The molecule has 9 rings (SSSR count). The standard InChI is InChI=1S/C23H24N2O6.2C22H22N2O6/c1-16-2-9-19(10-3-16)31-23(29)15-30-14-20(26)24-18-7-4-17(5-8-18)6-11-21(27)25-13-12-22(25)28;2*1-15-2-8-18(9-3-15)30-22(28)14-29-13-19(25)23-17-6-4-16(5-7-17)12-21(27)24-11-10-20(24)26/h2-5,7-10H,6,11-15H2,1H3,(H,24,26);2*2-9H,10-14H2,1H3,(H,23,25). The Balaban J connectivity index is 0.000000194. The average Bonchev–Trinajstić information content (AvgIpc) is 3.56. The fourth-order valence-corrected chi connectivity index (χ4v) is 8.40. The van der Waals surface area contributed by atoms with E-state index in [4.69, 9.17) is 28.4 Å². The Morgan fingerprint density at radius 1 is 0.352 bits per heavy atom. The molecule has 0 spiro atoms. The molecule has 0 atom stereocenters. The predicted octanol–water partition coefficient (Wildman–Crippen LogP) is 5.96. The van der Waals surface area contributed by atoms with Gasteiger partial charge in [0.25, 0.3) is 0 Å². The molecule has 6 aromatic carbocycles. The van der Waals surface area contributed by atoms with Gasteiger partial charge in [-0.3, -0.25) is 57.9 Å². The van der Waals surface area contributed by atoms with E-state index in [2.05, 4.69) is 16.0 Å². The van der Waals surface area contributed by atoms with Crippen LogP contribution in [0.15, 0.2) is 146 Å². The van der Waals surface area contributed by atoms with Crippen LogP contribution in [0.25, 0.3) is 0 Å². The zero-order valence-electron chi connectivity index (χ0n) is 50.4. The minimum Gasteiger partial charge on any atom is -0.425 e. The van der Waals surface area contributed by atoms with Gasteiger partial charge < -0.3 is 44.4 Å². The van der Waals surface area contributed by atoms with Crippen LogP contribution in [-0.4, -0.2) is 145 Å². The smallest absolute Gasteiger partial charge is 0.337 e. The van der Waals surface area contributed by atoms with Crippen molar-refractivity contribution in [3.63, 3.8) is 0 Å². The van der Waals surface area contributed by atoms with Gasteiger partial charge in [0.15, 0.2) is 0 Å². The van der Waals surface area contributed by atoms with Crippen LogP contribution in [0.5, 0.6) is 17.2 Å². The summed E-state index contributed by atoms with van der Waals surface area (Å²) in [6.45, 7) is 5.31. The van der Waals surface area contributed by atoms with Crippen LogP contribution in [0, 0.1) is 20.8 Å². The number of carbonyl (C=O) groups excluding carboxylic acids is 12. The van der Waals surface area contributed by atoms with Crippen molar-refractivity contribution >= 4 is 88.1 Å². The lowest BCUT2D eigenvalue weighted by Gasteiger charge is -2.28. The first-order valence-electron chi connectivity index (χ1n) is 28.9. The highest BCUT2D eigenvalue weighted by molar-refractivity contribution is 6.01. The number of nitrogens with one attached hydrogen (secondary N) is 3. The SMILES string of the molecule is Cc1ccc(OC(=O)COCC(=O)Nc2ccc(CC(=O)N3CCC3=O)cc2)cc1.Cc1ccc(OC(=O)COCC(=O)Nc2ccc(CC(=O)N3CCC3=O)cc2)cc1.Cc1ccc(OC(=O)COCC(=O)Nc2ccc(CCC(=O)N3CCC3=O)cc2)cc1. The highest BCUT2D eigenvalue weighted by Crippen LogP contribution is 2.20. The highest BCUT2D eigenvalue weighted by Gasteiger charge is 2.31. The summed E-state index contributed by atoms with van der Waals surface area (Å²) in [7, 11) is 0. The molecule has 474 valence electrons. The van der Waals surface area contributed by atoms with Crippen LogP contribution in [0.3, 0.4) is 0 Å². The van der Waals surface area contributed by atoms with Gasteiger partial charge in [-0.25, -0.2) is 14.4 Å². The van der Waals surface area contributed by atoms with E-state index < -0.39 is 35.6 Å². The van der Waals surface area contributed by atoms with Crippen molar-refractivity contribution in [3.05, 3.63) is 179 Å². The molecular formula is C67H68N6O18. The number of esters is 3. The second-order valence-corrected chi connectivity index (χ2v) is 21.0. The van der Waals surface area contributed by atoms with Crippen molar-refractivity contribution in [2.75, 3.05) is 75.2 Å². The first-order valence-corrected chi connectivity index (χ1v) is 28.9. The van der Waals surface area contributed by atoms with E-state index in [0.29, 0.717) is 79.6 Å². The Hall–Kier alpha value is -10.6. The maximum atomic E-state index is 12.0. The number of likely N-dealkylation sites (tertiary alicyclic amines) is 3. The number of benzene rings is 6. The number of ether oxygens (including phenoxy) is 6. The Morgan fingerprint density at radius 3 is 0.890 bits per heavy atom. The molecule has 3 aliphatic heterocycles. The molecule has 9 amide bonds. The van der Waals surface area contributed by atoms with E-state index in [0.717, 1.165) is 33.4 Å². The lowest BCUT2D eigenvalue weighted by molar-refractivity contribution is -0.153. The second-order valence-electron chi connectivity index (χ2n) is 21.0. The van der Waals surface area contributed by atoms with Crippen molar-refractivity contribution < 1.29 is 86.0 Å². The van der Waals surface area contributed by atoms with Crippen molar-refractivity contribution in [2.45, 2.75) is 65.7 Å². The van der Waals surface area contributed by atoms with Crippen molar-refractivity contribution in [2.24, 2.45) is 0 Å². The summed E-state index contributed by atoms with van der Waals surface area (Å²) in [4.78, 5) is 144. The molecule has 24 nitrogen and oxygen atoms in total. The number of hydrogen-bond donors (Lipinski definition) is 3. The van der Waals surface area contributed by atoms with Gasteiger partial charge >= 0.3 is 17.9 Å². The molecular weight excluding hydrogens is 1180 g/mol. The first-order chi connectivity index (χ1) is 43.7. The summed E-state index contributed by atoms with van der Waals surface area (Å²) < 4.78 is 30.6. The van der Waals surface area contributed by atoms with Crippen molar-refractivity contribution in [1.29, 1.82) is 0 Å². The van der Waals surface area contributed by atoms with Gasteiger partial charge in [-0.2, -0.15) is 0 Å². The Morgan fingerprint density at radius 2 is 0.626 bits per heavy atom. The number of carbonyl (C=O) groups is 12. The van der Waals surface area contributed by atoms with Gasteiger partial charge in [0, 0.05) is 62.4 Å². The molecule has 24 heteroatoms. The number of nitrogens with zero attached hydrogens (tertiary/aromatic N) is 3. The maximum absolute atomic E-state index is 12.0. The van der Waals surface area contributed by atoms with E-state index in [9.17, 15) is 57.5 Å². The van der Waals surface area contributed by atoms with Gasteiger partial charge in [-0.15, -0.1) is 0 Å². The normalized spacial score (nSPS) is 12.8. The summed E-state index contributed by atoms with van der Waals surface area (Å²) in [6.07, 6.45) is 2.33. The van der Waals surface area contributed by atoms with Gasteiger partial charge in [0.2, 0.25) is 53.2 Å². The molecule has 0 aliphatic carbocycles. The summed E-state index contributed by atoms with van der Waals surface area (Å²) in [6, 6.07) is 41.5. The van der Waals surface area contributed by atoms with Crippen LogP contribution in [0.2, 0.25) is 0 Å². The summed E-state index contributed by atoms with van der Waals surface area (Å²) in [5.41, 5.74) is 7.20. The average molecular weight is 1250 g/mol. The predicted molar refractivity (Wildman–Crippen MR) is 328 cm³/mol. The highest BCUT2D eigenvalue weighted by atomic mass is 16.6. The molecule has 3 saturated heterocycles. The number of anilines is 3. The van der Waals surface area contributed by atoms with Gasteiger partial charge in [-0.05, 0) is 117 Å². The summed E-state index contributed by atoms with van der Waals surface area (Å²) in [5.74, 6) is -2.81. The fraction of sp³-hybridized carbons (Fsp3) is 0.284. The number of amides is 9. The van der Waals surface area contributed by atoms with Gasteiger partial charge in [-0.1, -0.05) is 89.5 Å². The monoisotopic (exact) mass is 1240 g/mol. The zero-order valence-corrected chi connectivity index (χ0v) is 50.4. The third kappa shape index (κ3) is 23.2. The molecule has 3 N–H and O–H groups in total. The van der Waals surface area contributed by atoms with E-state index in [-0.39, 0.29) is 94.3 Å². The Bertz CT molecular complexity index is 3420. The Labute approximate surface area is 524 Å². The number of hydrogen-bond acceptors (Lipinski definition) is 18. The van der Waals surface area contributed by atoms with Crippen molar-refractivity contribution in [1.82, 2.24) is 14.7 Å². The molecule has 0 unspecified atom stereocenters. The van der Waals surface area contributed by atoms with Crippen LogP contribution < -0.4 is 30.2 Å². The molecule has 0 saturated carbocycles. The van der Waals surface area contributed by atoms with Crippen LogP contribution in [-0.2, 0) is 91.0 Å². The molecule has 3 heterocycles. The largest absolute Gasteiger partial charge is 0.425 e. The molecule has 91 heavy (non-hydrogen) atoms. The fourth-order valence-electron chi connectivity index (χ4n) is 8.40. The maximum Gasteiger partial charge on any atom is 0.337 e. The van der Waals surface area contributed by atoms with E-state index in [1.165, 1.54) is 14.7 Å². The molecule has 6 aromatic rings. The number of β-lactam (4-membered cyclic amide) rings is 3. The molecule has 3 fully saturated rings. The van der Waals surface area contributed by atoms with Crippen LogP contribution in [0.4, 0.5) is 17.1 Å². The molecule has 0 bridgehead atoms. The first kappa shape index (κ1) is 67.9. The topological polar surface area (TPSA) is 306 Å². The number of imide groups is 3.